The van der Waals surface area contributed by atoms with Gasteiger partial charge in [0, 0.05) is 29.9 Å². The Morgan fingerprint density at radius 3 is 2.75 bits per heavy atom. The fraction of sp³-hybridized carbons (Fsp3) is 0.231. The summed E-state index contributed by atoms with van der Waals surface area (Å²) in [5.41, 5.74) is 7.88. The Kier molecular flexibility index (Phi) is 7.91. The van der Waals surface area contributed by atoms with Crippen molar-refractivity contribution in [3.63, 3.8) is 0 Å². The number of hydrogen-bond donors (Lipinski definition) is 3. The second-order valence-corrected chi connectivity index (χ2v) is 4.11. The van der Waals surface area contributed by atoms with E-state index in [9.17, 15) is 4.79 Å². The van der Waals surface area contributed by atoms with Crippen molar-refractivity contribution < 1.29 is 4.79 Å². The molecule has 1 unspecified atom stereocenters. The Hall–Kier alpha value is -1.56. The molecule has 0 spiro atoms. The van der Waals surface area contributed by atoms with E-state index in [-0.39, 0.29) is 30.9 Å². The van der Waals surface area contributed by atoms with Crippen LogP contribution in [0.5, 0.6) is 0 Å². The lowest BCUT2D eigenvalue weighted by Gasteiger charge is -2.16. The lowest BCUT2D eigenvalue weighted by molar-refractivity contribution is 0.1000. The maximum absolute atomic E-state index is 11.2. The number of H-pyrrole nitrogens is 1. The summed E-state index contributed by atoms with van der Waals surface area (Å²) in [6.07, 6.45) is 4.23. The van der Waals surface area contributed by atoms with E-state index in [2.05, 4.69) is 15.3 Å². The SMILES string of the molecule is CNC(Cc1cnc[nH]1)c1cccc(C(N)=O)c1.Cl.Cl. The van der Waals surface area contributed by atoms with Crippen LogP contribution in [0.15, 0.2) is 36.8 Å². The van der Waals surface area contributed by atoms with Crippen LogP contribution >= 0.6 is 24.8 Å². The van der Waals surface area contributed by atoms with E-state index < -0.39 is 5.91 Å². The van der Waals surface area contributed by atoms with Gasteiger partial charge in [-0.25, -0.2) is 4.98 Å². The first-order chi connectivity index (χ1) is 8.70. The summed E-state index contributed by atoms with van der Waals surface area (Å²) >= 11 is 0. The maximum Gasteiger partial charge on any atom is 0.248 e. The number of amides is 1. The Morgan fingerprint density at radius 2 is 2.20 bits per heavy atom. The largest absolute Gasteiger partial charge is 0.366 e. The highest BCUT2D eigenvalue weighted by Crippen LogP contribution is 2.18. The summed E-state index contributed by atoms with van der Waals surface area (Å²) in [7, 11) is 1.89. The highest BCUT2D eigenvalue weighted by Gasteiger charge is 2.12. The lowest BCUT2D eigenvalue weighted by atomic mass is 10.00. The molecule has 0 aliphatic carbocycles. The molecule has 0 bridgehead atoms. The number of carbonyl (C=O) groups is 1. The van der Waals surface area contributed by atoms with Crippen LogP contribution in [-0.2, 0) is 6.42 Å². The second kappa shape index (κ2) is 8.58. The number of likely N-dealkylation sites (N-methyl/N-ethyl adjacent to an activating group) is 1. The third kappa shape index (κ3) is 4.52. The molecule has 0 saturated carbocycles. The van der Waals surface area contributed by atoms with E-state index in [0.717, 1.165) is 17.7 Å². The third-order valence-corrected chi connectivity index (χ3v) is 2.90. The van der Waals surface area contributed by atoms with Gasteiger partial charge in [-0.15, -0.1) is 24.8 Å². The van der Waals surface area contributed by atoms with Crippen molar-refractivity contribution in [2.75, 3.05) is 7.05 Å². The molecular weight excluding hydrogens is 299 g/mol. The number of imidazole rings is 1. The fourth-order valence-electron chi connectivity index (χ4n) is 1.91. The van der Waals surface area contributed by atoms with Gasteiger partial charge in [-0.1, -0.05) is 12.1 Å². The van der Waals surface area contributed by atoms with Gasteiger partial charge in [-0.3, -0.25) is 4.79 Å². The summed E-state index contributed by atoms with van der Waals surface area (Å²) in [5.74, 6) is -0.409. The summed E-state index contributed by atoms with van der Waals surface area (Å²) in [6, 6.07) is 7.47. The molecule has 1 atom stereocenters. The quantitative estimate of drug-likeness (QED) is 0.787. The van der Waals surface area contributed by atoms with Crippen molar-refractivity contribution in [2.24, 2.45) is 5.73 Å². The highest BCUT2D eigenvalue weighted by molar-refractivity contribution is 5.92. The molecule has 0 radical (unpaired) electrons. The first-order valence-corrected chi connectivity index (χ1v) is 5.75. The van der Waals surface area contributed by atoms with Gasteiger partial charge in [-0.2, -0.15) is 0 Å². The summed E-state index contributed by atoms with van der Waals surface area (Å²) in [5, 5.41) is 3.22. The van der Waals surface area contributed by atoms with E-state index in [1.165, 1.54) is 0 Å². The van der Waals surface area contributed by atoms with Gasteiger partial charge in [-0.05, 0) is 24.7 Å². The van der Waals surface area contributed by atoms with Gasteiger partial charge in [0.15, 0.2) is 0 Å². The Labute approximate surface area is 130 Å². The van der Waals surface area contributed by atoms with Crippen LogP contribution in [0.1, 0.15) is 27.7 Å². The van der Waals surface area contributed by atoms with Gasteiger partial charge in [0.1, 0.15) is 0 Å². The standard InChI is InChI=1S/C13H16N4O.2ClH/c1-15-12(6-11-7-16-8-17-11)9-3-2-4-10(5-9)13(14)18;;/h2-5,7-8,12,15H,6H2,1H3,(H2,14,18)(H,16,17);2*1H. The Bertz CT molecular complexity index is 531. The summed E-state index contributed by atoms with van der Waals surface area (Å²) < 4.78 is 0. The zero-order valence-electron chi connectivity index (χ0n) is 11.0. The Balaban J connectivity index is 0.00000180. The highest BCUT2D eigenvalue weighted by atomic mass is 35.5. The number of aromatic amines is 1. The molecule has 0 aliphatic heterocycles. The number of halogens is 2. The van der Waals surface area contributed by atoms with Crippen molar-refractivity contribution in [1.82, 2.24) is 15.3 Å². The normalized spacial score (nSPS) is 11.1. The first-order valence-electron chi connectivity index (χ1n) is 5.75. The maximum atomic E-state index is 11.2. The molecule has 2 aromatic rings. The number of nitrogens with zero attached hydrogens (tertiary/aromatic N) is 1. The number of aromatic nitrogens is 2. The number of benzene rings is 1. The number of carbonyl (C=O) groups excluding carboxylic acids is 1. The number of primary amides is 1. The first kappa shape index (κ1) is 18.4. The van der Waals surface area contributed by atoms with Gasteiger partial charge in [0.05, 0.1) is 6.33 Å². The molecule has 1 aromatic carbocycles. The molecule has 20 heavy (non-hydrogen) atoms. The van der Waals surface area contributed by atoms with E-state index in [1.807, 2.05) is 25.2 Å². The smallest absolute Gasteiger partial charge is 0.248 e. The van der Waals surface area contributed by atoms with E-state index in [1.54, 1.807) is 18.6 Å². The molecule has 0 aliphatic rings. The second-order valence-electron chi connectivity index (χ2n) is 4.11. The van der Waals surface area contributed by atoms with Crippen LogP contribution in [0.2, 0.25) is 0 Å². The average Bonchev–Trinajstić information content (AvgIpc) is 2.89. The number of nitrogens with one attached hydrogen (secondary N) is 2. The number of rotatable bonds is 5. The van der Waals surface area contributed by atoms with Gasteiger partial charge >= 0.3 is 0 Å². The van der Waals surface area contributed by atoms with E-state index >= 15 is 0 Å². The Morgan fingerprint density at radius 1 is 1.45 bits per heavy atom. The minimum absolute atomic E-state index is 0. The van der Waals surface area contributed by atoms with Crippen LogP contribution in [-0.4, -0.2) is 22.9 Å². The topological polar surface area (TPSA) is 83.8 Å². The predicted molar refractivity (Wildman–Crippen MR) is 83.5 cm³/mol. The number of hydrogen-bond acceptors (Lipinski definition) is 3. The van der Waals surface area contributed by atoms with Crippen molar-refractivity contribution in [1.29, 1.82) is 0 Å². The fourth-order valence-corrected chi connectivity index (χ4v) is 1.91. The molecular formula is C13H18Cl2N4O. The molecule has 2 rings (SSSR count). The molecule has 1 aromatic heterocycles. The molecule has 1 amide bonds. The molecule has 110 valence electrons. The van der Waals surface area contributed by atoms with Crippen LogP contribution < -0.4 is 11.1 Å². The van der Waals surface area contributed by atoms with Gasteiger partial charge < -0.3 is 16.0 Å². The molecule has 5 nitrogen and oxygen atoms in total. The van der Waals surface area contributed by atoms with Crippen LogP contribution in [0.4, 0.5) is 0 Å². The van der Waals surface area contributed by atoms with Crippen molar-refractivity contribution in [3.05, 3.63) is 53.6 Å². The molecule has 1 heterocycles. The van der Waals surface area contributed by atoms with E-state index in [4.69, 9.17) is 5.73 Å². The molecule has 0 fully saturated rings. The minimum atomic E-state index is -0.409. The third-order valence-electron chi connectivity index (χ3n) is 2.90. The minimum Gasteiger partial charge on any atom is -0.366 e. The van der Waals surface area contributed by atoms with Crippen LogP contribution in [0.3, 0.4) is 0 Å². The lowest BCUT2D eigenvalue weighted by Crippen LogP contribution is -2.20. The van der Waals surface area contributed by atoms with Gasteiger partial charge in [0.2, 0.25) is 5.91 Å². The zero-order chi connectivity index (χ0) is 13.0. The van der Waals surface area contributed by atoms with E-state index in [0.29, 0.717) is 5.56 Å². The predicted octanol–water partition coefficient (Wildman–Crippen LogP) is 1.86. The summed E-state index contributed by atoms with van der Waals surface area (Å²) in [6.45, 7) is 0. The number of nitrogens with two attached hydrogens (primary N) is 1. The van der Waals surface area contributed by atoms with Crippen molar-refractivity contribution in [2.45, 2.75) is 12.5 Å². The molecule has 4 N–H and O–H groups in total. The van der Waals surface area contributed by atoms with Gasteiger partial charge in [0.25, 0.3) is 0 Å². The van der Waals surface area contributed by atoms with Crippen molar-refractivity contribution >= 4 is 30.7 Å². The molecule has 0 saturated heterocycles. The molecule has 7 heteroatoms. The van der Waals surface area contributed by atoms with Crippen LogP contribution in [0.25, 0.3) is 0 Å². The van der Waals surface area contributed by atoms with Crippen LogP contribution in [0, 0.1) is 0 Å². The van der Waals surface area contributed by atoms with Crippen molar-refractivity contribution in [3.8, 4) is 0 Å². The average molecular weight is 317 g/mol. The zero-order valence-corrected chi connectivity index (χ0v) is 12.6. The monoisotopic (exact) mass is 316 g/mol. The summed E-state index contributed by atoms with van der Waals surface area (Å²) in [4.78, 5) is 18.2.